The van der Waals surface area contributed by atoms with Crippen LogP contribution in [-0.4, -0.2) is 18.3 Å². The lowest BCUT2D eigenvalue weighted by molar-refractivity contribution is 0.284. The molecule has 6 heteroatoms. The minimum atomic E-state index is 0.480. The average molecular weight is 367 g/mol. The Balaban J connectivity index is 1.68. The number of nitrogens with zero attached hydrogens (tertiary/aromatic N) is 2. The van der Waals surface area contributed by atoms with Crippen LogP contribution in [0.3, 0.4) is 0 Å². The van der Waals surface area contributed by atoms with E-state index in [2.05, 4.69) is 46.7 Å². The van der Waals surface area contributed by atoms with Crippen molar-refractivity contribution in [2.24, 2.45) is 5.10 Å². The summed E-state index contributed by atoms with van der Waals surface area (Å²) >= 11 is 1.52. The number of ether oxygens (including phenoxy) is 2. The van der Waals surface area contributed by atoms with Crippen molar-refractivity contribution in [3.8, 4) is 11.5 Å². The molecule has 0 spiro atoms. The number of nitrogens with one attached hydrogen (secondary N) is 1. The van der Waals surface area contributed by atoms with Crippen molar-refractivity contribution >= 4 is 22.7 Å². The topological polar surface area (TPSA) is 55.7 Å². The van der Waals surface area contributed by atoms with Crippen LogP contribution in [0.1, 0.15) is 22.4 Å². The van der Waals surface area contributed by atoms with Crippen LogP contribution in [-0.2, 0) is 6.61 Å². The molecule has 5 nitrogen and oxygen atoms in total. The molecule has 1 heterocycles. The molecule has 0 aliphatic heterocycles. The molecule has 3 rings (SSSR count). The molecule has 0 bridgehead atoms. The van der Waals surface area contributed by atoms with Gasteiger partial charge in [0.2, 0.25) is 5.13 Å². The molecule has 26 heavy (non-hydrogen) atoms. The average Bonchev–Trinajstić information content (AvgIpc) is 3.06. The largest absolute Gasteiger partial charge is 0.493 e. The Morgan fingerprint density at radius 1 is 1.12 bits per heavy atom. The molecule has 0 unspecified atom stereocenters. The number of methoxy groups -OCH3 is 1. The van der Waals surface area contributed by atoms with Gasteiger partial charge in [-0.1, -0.05) is 29.8 Å². The number of thiazole rings is 1. The number of rotatable bonds is 7. The van der Waals surface area contributed by atoms with Crippen LogP contribution in [0.5, 0.6) is 11.5 Å². The third-order valence-corrected chi connectivity index (χ3v) is 4.56. The molecule has 0 radical (unpaired) electrons. The minimum Gasteiger partial charge on any atom is -0.493 e. The quantitative estimate of drug-likeness (QED) is 0.482. The number of hydrogen-bond acceptors (Lipinski definition) is 6. The van der Waals surface area contributed by atoms with E-state index in [1.807, 2.05) is 30.5 Å². The first-order chi connectivity index (χ1) is 12.6. The highest BCUT2D eigenvalue weighted by Gasteiger charge is 2.06. The maximum atomic E-state index is 5.95. The van der Waals surface area contributed by atoms with E-state index in [1.165, 1.54) is 16.9 Å². The molecule has 0 fully saturated rings. The fourth-order valence-corrected chi connectivity index (χ4v) is 2.94. The predicted molar refractivity (Wildman–Crippen MR) is 107 cm³/mol. The molecule has 0 aliphatic rings. The summed E-state index contributed by atoms with van der Waals surface area (Å²) in [7, 11) is 1.63. The normalized spacial score (nSPS) is 10.9. The second-order valence-corrected chi connectivity index (χ2v) is 6.71. The maximum Gasteiger partial charge on any atom is 0.203 e. The van der Waals surface area contributed by atoms with E-state index in [4.69, 9.17) is 9.47 Å². The minimum absolute atomic E-state index is 0.480. The van der Waals surface area contributed by atoms with Crippen LogP contribution < -0.4 is 14.9 Å². The Morgan fingerprint density at radius 3 is 2.62 bits per heavy atom. The van der Waals surface area contributed by atoms with Gasteiger partial charge in [-0.3, -0.25) is 5.43 Å². The molecule has 1 aromatic heterocycles. The summed E-state index contributed by atoms with van der Waals surface area (Å²) in [5.74, 6) is 1.37. The van der Waals surface area contributed by atoms with E-state index in [0.717, 1.165) is 22.0 Å². The molecule has 134 valence electrons. The Bertz CT molecular complexity index is 888. The highest BCUT2D eigenvalue weighted by atomic mass is 32.1. The predicted octanol–water partition coefficient (Wildman–Crippen LogP) is 4.79. The van der Waals surface area contributed by atoms with Crippen molar-refractivity contribution in [1.29, 1.82) is 0 Å². The van der Waals surface area contributed by atoms with Gasteiger partial charge in [0.15, 0.2) is 11.5 Å². The van der Waals surface area contributed by atoms with Gasteiger partial charge in [-0.25, -0.2) is 4.98 Å². The van der Waals surface area contributed by atoms with E-state index in [1.54, 1.807) is 13.3 Å². The van der Waals surface area contributed by atoms with E-state index in [-0.39, 0.29) is 0 Å². The van der Waals surface area contributed by atoms with Crippen LogP contribution in [0.2, 0.25) is 0 Å². The molecule has 3 aromatic rings. The number of hydrogen-bond donors (Lipinski definition) is 1. The molecule has 0 saturated carbocycles. The lowest BCUT2D eigenvalue weighted by Crippen LogP contribution is -1.99. The van der Waals surface area contributed by atoms with Crippen molar-refractivity contribution in [2.75, 3.05) is 12.5 Å². The van der Waals surface area contributed by atoms with E-state index < -0.39 is 0 Å². The summed E-state index contributed by atoms with van der Waals surface area (Å²) in [6.45, 7) is 4.50. The second kappa shape index (κ2) is 8.49. The Labute approximate surface area is 157 Å². The van der Waals surface area contributed by atoms with Crippen LogP contribution in [0.15, 0.2) is 52.9 Å². The zero-order valence-corrected chi connectivity index (χ0v) is 15.8. The lowest BCUT2D eigenvalue weighted by atomic mass is 10.1. The van der Waals surface area contributed by atoms with Gasteiger partial charge in [-0.2, -0.15) is 5.10 Å². The van der Waals surface area contributed by atoms with Crippen LogP contribution >= 0.6 is 11.3 Å². The monoisotopic (exact) mass is 367 g/mol. The number of hydrazone groups is 1. The zero-order chi connectivity index (χ0) is 18.4. The van der Waals surface area contributed by atoms with Crippen molar-refractivity contribution in [3.63, 3.8) is 0 Å². The Kier molecular flexibility index (Phi) is 5.86. The van der Waals surface area contributed by atoms with Gasteiger partial charge in [0.25, 0.3) is 0 Å². The van der Waals surface area contributed by atoms with Gasteiger partial charge in [0.05, 0.1) is 19.0 Å². The van der Waals surface area contributed by atoms with Crippen LogP contribution in [0.25, 0.3) is 0 Å². The maximum absolute atomic E-state index is 5.95. The SMILES string of the molecule is COc1ccc(/C=N\Nc2nc(C)cs2)cc1OCc1ccc(C)cc1. The molecule has 0 amide bonds. The lowest BCUT2D eigenvalue weighted by Gasteiger charge is -2.11. The van der Waals surface area contributed by atoms with Gasteiger partial charge in [-0.15, -0.1) is 11.3 Å². The van der Waals surface area contributed by atoms with E-state index in [9.17, 15) is 0 Å². The standard InChI is InChI=1S/C20H21N3O2S/c1-14-4-6-16(7-5-14)12-25-19-10-17(8-9-18(19)24-3)11-21-23-20-22-15(2)13-26-20/h4-11,13H,12H2,1-3H3,(H,22,23)/b21-11-. The first kappa shape index (κ1) is 17.9. The number of aromatic nitrogens is 1. The molecule has 1 N–H and O–H groups in total. The summed E-state index contributed by atoms with van der Waals surface area (Å²) in [5.41, 5.74) is 7.15. The molecule has 2 aromatic carbocycles. The summed E-state index contributed by atoms with van der Waals surface area (Å²) in [6.07, 6.45) is 1.73. The van der Waals surface area contributed by atoms with Crippen LogP contribution in [0.4, 0.5) is 5.13 Å². The molecule has 0 saturated heterocycles. The highest BCUT2D eigenvalue weighted by Crippen LogP contribution is 2.28. The first-order valence-electron chi connectivity index (χ1n) is 8.21. The van der Waals surface area contributed by atoms with Crippen molar-refractivity contribution in [2.45, 2.75) is 20.5 Å². The van der Waals surface area contributed by atoms with E-state index >= 15 is 0 Å². The van der Waals surface area contributed by atoms with Crippen molar-refractivity contribution in [3.05, 3.63) is 70.2 Å². The number of anilines is 1. The smallest absolute Gasteiger partial charge is 0.203 e. The second-order valence-electron chi connectivity index (χ2n) is 5.85. The Hall–Kier alpha value is -2.86. The van der Waals surface area contributed by atoms with Crippen molar-refractivity contribution in [1.82, 2.24) is 4.98 Å². The third kappa shape index (κ3) is 4.83. The van der Waals surface area contributed by atoms with Crippen LogP contribution in [0, 0.1) is 13.8 Å². The summed E-state index contributed by atoms with van der Waals surface area (Å²) in [5, 5.41) is 6.97. The zero-order valence-electron chi connectivity index (χ0n) is 15.0. The van der Waals surface area contributed by atoms with Gasteiger partial charge >= 0.3 is 0 Å². The summed E-state index contributed by atoms with van der Waals surface area (Å²) in [4.78, 5) is 4.30. The van der Waals surface area contributed by atoms with Gasteiger partial charge in [0, 0.05) is 5.38 Å². The highest BCUT2D eigenvalue weighted by molar-refractivity contribution is 7.13. The molecule has 0 aliphatic carbocycles. The molecular formula is C20H21N3O2S. The van der Waals surface area contributed by atoms with Crippen molar-refractivity contribution < 1.29 is 9.47 Å². The summed E-state index contributed by atoms with van der Waals surface area (Å²) in [6, 6.07) is 14.0. The van der Waals surface area contributed by atoms with Gasteiger partial charge in [-0.05, 0) is 43.2 Å². The summed E-state index contributed by atoms with van der Waals surface area (Å²) < 4.78 is 11.3. The molecule has 0 atom stereocenters. The fraction of sp³-hybridized carbons (Fsp3) is 0.200. The number of benzene rings is 2. The Morgan fingerprint density at radius 2 is 1.92 bits per heavy atom. The first-order valence-corrected chi connectivity index (χ1v) is 9.09. The van der Waals surface area contributed by atoms with E-state index in [0.29, 0.717) is 18.1 Å². The fourth-order valence-electron chi connectivity index (χ4n) is 2.30. The van der Waals surface area contributed by atoms with Gasteiger partial charge < -0.3 is 9.47 Å². The third-order valence-electron chi connectivity index (χ3n) is 3.70. The van der Waals surface area contributed by atoms with Gasteiger partial charge in [0.1, 0.15) is 6.61 Å². The molecular weight excluding hydrogens is 346 g/mol. The number of aryl methyl sites for hydroxylation is 2.